The molecule has 0 saturated carbocycles. The normalized spacial score (nSPS) is 15.9. The summed E-state index contributed by atoms with van der Waals surface area (Å²) < 4.78 is 1.78. The first kappa shape index (κ1) is 15.3. The van der Waals surface area contributed by atoms with E-state index in [0.29, 0.717) is 17.9 Å². The summed E-state index contributed by atoms with van der Waals surface area (Å²) in [6.07, 6.45) is 3.44. The third-order valence-corrected chi connectivity index (χ3v) is 4.10. The second-order valence-electron chi connectivity index (χ2n) is 5.87. The number of likely N-dealkylation sites (N-methyl/N-ethyl adjacent to an activating group) is 1. The molecule has 1 aliphatic heterocycles. The van der Waals surface area contributed by atoms with Crippen LogP contribution in [0.15, 0.2) is 41.5 Å². The van der Waals surface area contributed by atoms with Gasteiger partial charge in [0.15, 0.2) is 5.82 Å². The van der Waals surface area contributed by atoms with E-state index in [1.54, 1.807) is 15.8 Å². The van der Waals surface area contributed by atoms with Gasteiger partial charge in [0.1, 0.15) is 11.6 Å². The van der Waals surface area contributed by atoms with Crippen LogP contribution in [0.3, 0.4) is 0 Å². The van der Waals surface area contributed by atoms with E-state index in [1.165, 1.54) is 0 Å². The number of piperazine rings is 1. The summed E-state index contributed by atoms with van der Waals surface area (Å²) in [5.41, 5.74) is 1.65. The molecule has 3 rings (SSSR count). The van der Waals surface area contributed by atoms with Crippen molar-refractivity contribution in [3.63, 3.8) is 0 Å². The highest BCUT2D eigenvalue weighted by molar-refractivity contribution is 5.63. The fourth-order valence-electron chi connectivity index (χ4n) is 2.62. The number of nitriles is 1. The van der Waals surface area contributed by atoms with E-state index in [2.05, 4.69) is 28.1 Å². The smallest absolute Gasteiger partial charge is 0.170 e. The second kappa shape index (κ2) is 7.07. The molecule has 1 fully saturated rings. The van der Waals surface area contributed by atoms with Crippen LogP contribution in [0.25, 0.3) is 0 Å². The third-order valence-electron chi connectivity index (χ3n) is 4.10. The highest BCUT2D eigenvalue weighted by Crippen LogP contribution is 2.19. The zero-order valence-electron chi connectivity index (χ0n) is 13.3. The molecule has 1 N–H and O–H groups in total. The molecule has 1 saturated heterocycles. The molecule has 0 aliphatic carbocycles. The molecule has 6 heteroatoms. The van der Waals surface area contributed by atoms with Crippen molar-refractivity contribution >= 4 is 12.2 Å². The lowest BCUT2D eigenvalue weighted by atomic mass is 10.2. The quantitative estimate of drug-likeness (QED) is 0.652. The highest BCUT2D eigenvalue weighted by Gasteiger charge is 2.15. The van der Waals surface area contributed by atoms with Gasteiger partial charge < -0.3 is 9.80 Å². The van der Waals surface area contributed by atoms with Gasteiger partial charge >= 0.3 is 0 Å². The first-order valence-corrected chi connectivity index (χ1v) is 7.85. The van der Waals surface area contributed by atoms with Crippen molar-refractivity contribution in [1.29, 1.82) is 5.26 Å². The first-order chi connectivity index (χ1) is 11.3. The lowest BCUT2D eigenvalue weighted by Gasteiger charge is -2.28. The minimum absolute atomic E-state index is 0.511. The average Bonchev–Trinajstić information content (AvgIpc) is 2.97. The molecule has 0 atom stereocenters. The number of quaternary nitrogens is 1. The van der Waals surface area contributed by atoms with E-state index in [1.807, 2.05) is 36.7 Å². The maximum atomic E-state index is 9.28. The summed E-state index contributed by atoms with van der Waals surface area (Å²) in [7, 11) is 2.21. The van der Waals surface area contributed by atoms with Crippen molar-refractivity contribution in [1.82, 2.24) is 14.7 Å². The zero-order valence-corrected chi connectivity index (χ0v) is 13.3. The number of aromatic nitrogens is 2. The number of benzene rings is 1. The Morgan fingerprint density at radius 2 is 2.04 bits per heavy atom. The van der Waals surface area contributed by atoms with Crippen LogP contribution in [-0.4, -0.2) is 54.2 Å². The number of nitrogens with one attached hydrogen (secondary N) is 1. The molecule has 6 nitrogen and oxygen atoms in total. The van der Waals surface area contributed by atoms with Crippen LogP contribution in [0.4, 0.5) is 5.82 Å². The van der Waals surface area contributed by atoms with Gasteiger partial charge in [0.05, 0.1) is 52.3 Å². The summed E-state index contributed by atoms with van der Waals surface area (Å²) in [5.74, 6) is 0.627. The molecule has 1 aromatic heterocycles. The Bertz CT molecular complexity index is 704. The Balaban J connectivity index is 1.78. The molecular formula is C17H21N6+. The van der Waals surface area contributed by atoms with Crippen LogP contribution in [0, 0.1) is 11.3 Å². The lowest BCUT2D eigenvalue weighted by molar-refractivity contribution is -0.883. The summed E-state index contributed by atoms with van der Waals surface area (Å²) in [6.45, 7) is 4.82. The van der Waals surface area contributed by atoms with Gasteiger partial charge in [-0.3, -0.25) is 0 Å². The SMILES string of the molecule is C[NH+]1CCN(C=Nc2c(C#N)cnn2Cc2ccccc2)CC1. The summed E-state index contributed by atoms with van der Waals surface area (Å²) >= 11 is 0. The van der Waals surface area contributed by atoms with Crippen LogP contribution in [0.5, 0.6) is 0 Å². The van der Waals surface area contributed by atoms with Crippen molar-refractivity contribution in [2.45, 2.75) is 6.54 Å². The third kappa shape index (κ3) is 3.76. The monoisotopic (exact) mass is 309 g/mol. The molecule has 2 heterocycles. The Morgan fingerprint density at radius 1 is 1.30 bits per heavy atom. The van der Waals surface area contributed by atoms with Gasteiger partial charge in [0.25, 0.3) is 0 Å². The van der Waals surface area contributed by atoms with E-state index in [-0.39, 0.29) is 0 Å². The molecular weight excluding hydrogens is 288 g/mol. The Hall–Kier alpha value is -2.65. The number of rotatable bonds is 4. The van der Waals surface area contributed by atoms with Crippen molar-refractivity contribution in [2.75, 3.05) is 33.2 Å². The molecule has 0 bridgehead atoms. The number of nitrogens with zero attached hydrogens (tertiary/aromatic N) is 5. The average molecular weight is 309 g/mol. The van der Waals surface area contributed by atoms with Gasteiger partial charge in [-0.2, -0.15) is 10.4 Å². The maximum absolute atomic E-state index is 9.28. The molecule has 1 aromatic carbocycles. The van der Waals surface area contributed by atoms with Crippen molar-refractivity contribution in [3.05, 3.63) is 47.7 Å². The van der Waals surface area contributed by atoms with Crippen LogP contribution in [-0.2, 0) is 6.54 Å². The van der Waals surface area contributed by atoms with Gasteiger partial charge in [0, 0.05) is 0 Å². The number of hydrogen-bond donors (Lipinski definition) is 1. The van der Waals surface area contributed by atoms with E-state index < -0.39 is 0 Å². The molecule has 23 heavy (non-hydrogen) atoms. The van der Waals surface area contributed by atoms with E-state index >= 15 is 0 Å². The van der Waals surface area contributed by atoms with Gasteiger partial charge in [-0.15, -0.1) is 0 Å². The number of aliphatic imine (C=N–C) groups is 1. The lowest BCUT2D eigenvalue weighted by Crippen LogP contribution is -3.11. The summed E-state index contributed by atoms with van der Waals surface area (Å²) in [6, 6.07) is 12.3. The summed E-state index contributed by atoms with van der Waals surface area (Å²) in [5, 5.41) is 13.6. The fraction of sp³-hybridized carbons (Fsp3) is 0.353. The van der Waals surface area contributed by atoms with Crippen molar-refractivity contribution in [2.24, 2.45) is 4.99 Å². The second-order valence-corrected chi connectivity index (χ2v) is 5.87. The highest BCUT2D eigenvalue weighted by atomic mass is 15.3. The van der Waals surface area contributed by atoms with Crippen molar-refractivity contribution in [3.8, 4) is 6.07 Å². The van der Waals surface area contributed by atoms with Gasteiger partial charge in [0.2, 0.25) is 0 Å². The Labute approximate surface area is 136 Å². The summed E-state index contributed by atoms with van der Waals surface area (Å²) in [4.78, 5) is 8.30. The Morgan fingerprint density at radius 3 is 2.74 bits per heavy atom. The molecule has 0 radical (unpaired) electrons. The molecule has 0 amide bonds. The van der Waals surface area contributed by atoms with E-state index in [4.69, 9.17) is 0 Å². The van der Waals surface area contributed by atoms with Crippen LogP contribution in [0.1, 0.15) is 11.1 Å². The maximum Gasteiger partial charge on any atom is 0.170 e. The van der Waals surface area contributed by atoms with Crippen molar-refractivity contribution < 1.29 is 4.90 Å². The van der Waals surface area contributed by atoms with Gasteiger partial charge in [-0.1, -0.05) is 30.3 Å². The minimum Gasteiger partial charge on any atom is -0.351 e. The molecule has 1 aliphatic rings. The van der Waals surface area contributed by atoms with Crippen LogP contribution < -0.4 is 4.90 Å². The number of hydrogen-bond acceptors (Lipinski definition) is 3. The topological polar surface area (TPSA) is 61.6 Å². The molecule has 0 spiro atoms. The first-order valence-electron chi connectivity index (χ1n) is 7.85. The van der Waals surface area contributed by atoms with E-state index in [0.717, 1.165) is 31.7 Å². The van der Waals surface area contributed by atoms with Gasteiger partial charge in [-0.05, 0) is 5.56 Å². The minimum atomic E-state index is 0.511. The van der Waals surface area contributed by atoms with Gasteiger partial charge in [-0.25, -0.2) is 9.67 Å². The largest absolute Gasteiger partial charge is 0.351 e. The van der Waals surface area contributed by atoms with Crippen LogP contribution in [0.2, 0.25) is 0 Å². The van der Waals surface area contributed by atoms with E-state index in [9.17, 15) is 5.26 Å². The Kier molecular flexibility index (Phi) is 4.69. The molecule has 2 aromatic rings. The zero-order chi connectivity index (χ0) is 16.1. The predicted molar refractivity (Wildman–Crippen MR) is 88.8 cm³/mol. The molecule has 118 valence electrons. The standard InChI is InChI=1S/C17H20N6/c1-21-7-9-22(10-8-21)14-19-17-16(11-18)12-20-23(17)13-15-5-3-2-4-6-15/h2-6,12,14H,7-10,13H2,1H3/p+1. The fourth-order valence-corrected chi connectivity index (χ4v) is 2.62. The molecule has 0 unspecified atom stereocenters. The predicted octanol–water partition coefficient (Wildman–Crippen LogP) is 0.293. The van der Waals surface area contributed by atoms with Crippen LogP contribution >= 0.6 is 0 Å².